The first kappa shape index (κ1) is 16.8. The second kappa shape index (κ2) is 5.84. The number of hydrogen-bond donors (Lipinski definition) is 0. The van der Waals surface area contributed by atoms with Crippen LogP contribution < -0.4 is 4.57 Å². The van der Waals surface area contributed by atoms with Crippen LogP contribution in [-0.2, 0) is 7.05 Å². The van der Waals surface area contributed by atoms with E-state index in [1.54, 1.807) is 0 Å². The van der Waals surface area contributed by atoms with Crippen LogP contribution in [0.4, 0.5) is 0 Å². The molecule has 0 radical (unpaired) electrons. The van der Waals surface area contributed by atoms with E-state index >= 15 is 0 Å². The van der Waals surface area contributed by atoms with Crippen LogP contribution in [0.5, 0.6) is 0 Å². The highest BCUT2D eigenvalue weighted by Gasteiger charge is 2.31. The van der Waals surface area contributed by atoms with Gasteiger partial charge in [0.05, 0.1) is 10.9 Å². The van der Waals surface area contributed by atoms with E-state index in [0.29, 0.717) is 5.92 Å². The maximum atomic E-state index is 2.41. The smallest absolute Gasteiger partial charge is 0.200 e. The number of hydrogen-bond acceptors (Lipinski definition) is 1. The predicted octanol–water partition coefficient (Wildman–Crippen LogP) is 6.69. The Bertz CT molecular complexity index is 1250. The minimum absolute atomic E-state index is 0.532. The van der Waals surface area contributed by atoms with Crippen molar-refractivity contribution < 1.29 is 4.57 Å². The topological polar surface area (TPSA) is 3.88 Å². The third-order valence-electron chi connectivity index (χ3n) is 6.02. The summed E-state index contributed by atoms with van der Waals surface area (Å²) in [6.07, 6.45) is 2.22. The summed E-state index contributed by atoms with van der Waals surface area (Å²) in [5.41, 5.74) is 6.98. The number of aryl methyl sites for hydroxylation is 3. The van der Waals surface area contributed by atoms with Crippen molar-refractivity contribution in [3.63, 3.8) is 0 Å². The van der Waals surface area contributed by atoms with Crippen molar-refractivity contribution in [1.82, 2.24) is 0 Å². The Kier molecular flexibility index (Phi) is 3.64. The number of nitrogens with zero attached hydrogens (tertiary/aromatic N) is 1. The molecule has 27 heavy (non-hydrogen) atoms. The normalized spacial score (nSPS) is 12.8. The lowest BCUT2D eigenvalue weighted by molar-refractivity contribution is -0.659. The van der Waals surface area contributed by atoms with E-state index < -0.39 is 0 Å². The molecule has 0 amide bonds. The molecule has 2 heterocycles. The van der Waals surface area contributed by atoms with Gasteiger partial charge in [0, 0.05) is 15.9 Å². The Labute approximate surface area is 165 Å². The molecule has 5 rings (SSSR count). The second-order valence-electron chi connectivity index (χ2n) is 8.01. The molecule has 0 spiro atoms. The van der Waals surface area contributed by atoms with Crippen LogP contribution in [0.1, 0.15) is 36.5 Å². The van der Waals surface area contributed by atoms with Gasteiger partial charge in [-0.3, -0.25) is 0 Å². The van der Waals surface area contributed by atoms with Gasteiger partial charge >= 0.3 is 0 Å². The quantitative estimate of drug-likeness (QED) is 0.297. The molecule has 0 atom stereocenters. The molecule has 2 heteroatoms. The number of benzene rings is 3. The van der Waals surface area contributed by atoms with E-state index in [0.717, 1.165) is 0 Å². The molecule has 1 nitrogen and oxygen atoms in total. The number of rotatable bonds is 1. The van der Waals surface area contributed by atoms with Gasteiger partial charge in [-0.25, -0.2) is 4.57 Å². The van der Waals surface area contributed by atoms with Gasteiger partial charge in [-0.15, -0.1) is 0 Å². The summed E-state index contributed by atoms with van der Waals surface area (Å²) in [4.78, 5) is 2.82. The van der Waals surface area contributed by atoms with Gasteiger partial charge in [0.2, 0.25) is 5.69 Å². The summed E-state index contributed by atoms with van der Waals surface area (Å²) < 4.78 is 2.31. The van der Waals surface area contributed by atoms with Crippen LogP contribution in [0.25, 0.3) is 32.8 Å². The monoisotopic (exact) mass is 370 g/mol. The summed E-state index contributed by atoms with van der Waals surface area (Å²) in [6.45, 7) is 9.13. The van der Waals surface area contributed by atoms with Crippen molar-refractivity contribution in [1.29, 1.82) is 0 Å². The highest BCUT2D eigenvalue weighted by Crippen LogP contribution is 2.51. The largest absolute Gasteiger partial charge is 0.222 e. The van der Waals surface area contributed by atoms with Crippen molar-refractivity contribution in [2.24, 2.45) is 7.05 Å². The highest BCUT2D eigenvalue weighted by molar-refractivity contribution is 7.99. The molecule has 1 aromatic heterocycles. The van der Waals surface area contributed by atoms with E-state index in [9.17, 15) is 0 Å². The Balaban J connectivity index is 1.98. The van der Waals surface area contributed by atoms with Crippen LogP contribution in [0.2, 0.25) is 0 Å². The molecule has 0 saturated carbocycles. The number of pyridine rings is 1. The first-order valence-electron chi connectivity index (χ1n) is 9.63. The molecule has 0 fully saturated rings. The lowest BCUT2D eigenvalue weighted by Crippen LogP contribution is -2.32. The Morgan fingerprint density at radius 2 is 1.63 bits per heavy atom. The van der Waals surface area contributed by atoms with Crippen LogP contribution in [-0.4, -0.2) is 0 Å². The van der Waals surface area contributed by atoms with E-state index in [1.165, 1.54) is 59.3 Å². The minimum Gasteiger partial charge on any atom is -0.200 e. The van der Waals surface area contributed by atoms with Crippen molar-refractivity contribution in [3.8, 4) is 11.3 Å². The Morgan fingerprint density at radius 1 is 0.926 bits per heavy atom. The Hall–Kier alpha value is -2.32. The van der Waals surface area contributed by atoms with E-state index in [4.69, 9.17) is 0 Å². The SMILES string of the molecule is Cc1c2c(c(C)c3ccccc13)-c1c3c(cc(C(C)C)cc3cc[n+]1C)S2. The summed E-state index contributed by atoms with van der Waals surface area (Å²) >= 11 is 1.96. The van der Waals surface area contributed by atoms with E-state index in [1.807, 2.05) is 11.8 Å². The molecule has 4 aromatic rings. The lowest BCUT2D eigenvalue weighted by atomic mass is 9.90. The zero-order valence-electron chi connectivity index (χ0n) is 16.6. The maximum Gasteiger partial charge on any atom is 0.222 e. The van der Waals surface area contributed by atoms with Gasteiger partial charge < -0.3 is 0 Å². The molecule has 0 aliphatic carbocycles. The van der Waals surface area contributed by atoms with Crippen molar-refractivity contribution in [2.75, 3.05) is 0 Å². The number of aromatic nitrogens is 1. The highest BCUT2D eigenvalue weighted by atomic mass is 32.2. The predicted molar refractivity (Wildman–Crippen MR) is 116 cm³/mol. The average molecular weight is 371 g/mol. The summed E-state index contributed by atoms with van der Waals surface area (Å²) in [5.74, 6) is 0.532. The summed E-state index contributed by atoms with van der Waals surface area (Å²) in [7, 11) is 2.18. The molecule has 134 valence electrons. The van der Waals surface area contributed by atoms with Crippen LogP contribution in [0.15, 0.2) is 58.5 Å². The van der Waals surface area contributed by atoms with Crippen molar-refractivity contribution in [2.45, 2.75) is 43.4 Å². The van der Waals surface area contributed by atoms with Crippen molar-refractivity contribution >= 4 is 33.3 Å². The molecule has 0 saturated heterocycles. The molecule has 1 aliphatic rings. The summed E-state index contributed by atoms with van der Waals surface area (Å²) in [6, 6.07) is 15.9. The summed E-state index contributed by atoms with van der Waals surface area (Å²) in [5, 5.41) is 5.50. The molecule has 0 bridgehead atoms. The zero-order valence-corrected chi connectivity index (χ0v) is 17.4. The fourth-order valence-electron chi connectivity index (χ4n) is 4.48. The Morgan fingerprint density at radius 3 is 2.33 bits per heavy atom. The van der Waals surface area contributed by atoms with Crippen LogP contribution >= 0.6 is 11.8 Å². The first-order chi connectivity index (χ1) is 13.0. The standard InChI is InChI=1S/C25H24NS/c1-14(2)18-12-17-10-11-26(5)24-22-15(3)19-8-6-7-9-20(19)16(4)25(22)27-21(13-18)23(17)24/h6-14H,1-5H3/q+1. The van der Waals surface area contributed by atoms with Crippen LogP contribution in [0, 0.1) is 13.8 Å². The van der Waals surface area contributed by atoms with Gasteiger partial charge in [0.25, 0.3) is 0 Å². The van der Waals surface area contributed by atoms with Gasteiger partial charge in [0.1, 0.15) is 7.05 Å². The minimum atomic E-state index is 0.532. The van der Waals surface area contributed by atoms with E-state index in [2.05, 4.69) is 88.0 Å². The third kappa shape index (κ3) is 2.29. The molecule has 0 unspecified atom stereocenters. The number of fused-ring (bicyclic) bond motifs is 3. The average Bonchev–Trinajstić information content (AvgIpc) is 2.67. The van der Waals surface area contributed by atoms with E-state index in [-0.39, 0.29) is 0 Å². The maximum absolute atomic E-state index is 2.41. The lowest BCUT2D eigenvalue weighted by Gasteiger charge is -2.24. The molecule has 3 aromatic carbocycles. The molecule has 1 aliphatic heterocycles. The third-order valence-corrected chi connectivity index (χ3v) is 7.27. The molecule has 0 N–H and O–H groups in total. The van der Waals surface area contributed by atoms with Crippen LogP contribution in [0.3, 0.4) is 0 Å². The first-order valence-corrected chi connectivity index (χ1v) is 10.5. The molecular weight excluding hydrogens is 346 g/mol. The van der Waals surface area contributed by atoms with Gasteiger partial charge in [0.15, 0.2) is 6.20 Å². The fourth-order valence-corrected chi connectivity index (χ4v) is 5.82. The second-order valence-corrected chi connectivity index (χ2v) is 9.07. The molecular formula is C25H24NS+. The van der Waals surface area contributed by atoms with Gasteiger partial charge in [-0.2, -0.15) is 0 Å². The van der Waals surface area contributed by atoms with Gasteiger partial charge in [-0.1, -0.05) is 55.9 Å². The van der Waals surface area contributed by atoms with Crippen molar-refractivity contribution in [3.05, 3.63) is 65.4 Å². The fraction of sp³-hybridized carbons (Fsp3) is 0.240. The van der Waals surface area contributed by atoms with Gasteiger partial charge in [-0.05, 0) is 58.7 Å². The zero-order chi connectivity index (χ0) is 18.9.